The lowest BCUT2D eigenvalue weighted by atomic mass is 9.97. The summed E-state index contributed by atoms with van der Waals surface area (Å²) in [7, 11) is 1.63. The maximum atomic E-state index is 6.33. The average Bonchev–Trinajstić information content (AvgIpc) is 2.48. The van der Waals surface area contributed by atoms with E-state index >= 15 is 0 Å². The topological polar surface area (TPSA) is 47.3 Å². The van der Waals surface area contributed by atoms with Gasteiger partial charge in [0.1, 0.15) is 5.75 Å². The first-order valence-electron chi connectivity index (χ1n) is 6.38. The van der Waals surface area contributed by atoms with Gasteiger partial charge in [-0.1, -0.05) is 42.0 Å². The van der Waals surface area contributed by atoms with Crippen molar-refractivity contribution in [3.8, 4) is 16.9 Å². The van der Waals surface area contributed by atoms with E-state index in [1.54, 1.807) is 7.11 Å². The van der Waals surface area contributed by atoms with Crippen LogP contribution in [0.15, 0.2) is 36.4 Å². The molecule has 0 saturated heterocycles. The molecule has 0 aromatic heterocycles. The average molecular weight is 287 g/mol. The molecule has 3 nitrogen and oxygen atoms in total. The highest BCUT2D eigenvalue weighted by molar-refractivity contribution is 6.34. The Morgan fingerprint density at radius 2 is 2.10 bits per heavy atom. The molecule has 3 rings (SSSR count). The number of methoxy groups -OCH3 is 1. The molecule has 1 heterocycles. The van der Waals surface area contributed by atoms with E-state index in [0.29, 0.717) is 10.7 Å². The lowest BCUT2D eigenvalue weighted by molar-refractivity contribution is 0.416. The molecule has 3 N–H and O–H groups in total. The first kappa shape index (κ1) is 12.9. The van der Waals surface area contributed by atoms with E-state index in [0.717, 1.165) is 34.7 Å². The molecule has 0 unspecified atom stereocenters. The highest BCUT2D eigenvalue weighted by atomic mass is 35.5. The molecular weight excluding hydrogens is 272 g/mol. The molecule has 102 valence electrons. The summed E-state index contributed by atoms with van der Waals surface area (Å²) in [6.45, 7) is 0.778. The minimum Gasteiger partial charge on any atom is -0.496 e. The summed E-state index contributed by atoms with van der Waals surface area (Å²) in [5.41, 5.74) is 10.8. The number of ether oxygens (including phenoxy) is 1. The molecule has 0 bridgehead atoms. The van der Waals surface area contributed by atoms with Crippen LogP contribution in [-0.4, -0.2) is 13.7 Å². The zero-order valence-corrected chi connectivity index (χ0v) is 11.9. The van der Waals surface area contributed by atoms with Gasteiger partial charge in [-0.25, -0.2) is 0 Å². The highest BCUT2D eigenvalue weighted by Gasteiger charge is 2.17. The van der Waals surface area contributed by atoms with Gasteiger partial charge in [-0.3, -0.25) is 0 Å². The summed E-state index contributed by atoms with van der Waals surface area (Å²) in [4.78, 5) is 0. The van der Waals surface area contributed by atoms with Crippen molar-refractivity contribution in [2.45, 2.75) is 0 Å². The van der Waals surface area contributed by atoms with Crippen molar-refractivity contribution < 1.29 is 4.74 Å². The van der Waals surface area contributed by atoms with E-state index in [9.17, 15) is 0 Å². The SMILES string of the molecule is COc1cccc(Cl)c1-c1ccc2c(c1N)NCC=C2. The van der Waals surface area contributed by atoms with Crippen LogP contribution in [0.1, 0.15) is 5.56 Å². The van der Waals surface area contributed by atoms with Crippen molar-refractivity contribution in [1.29, 1.82) is 0 Å². The van der Waals surface area contributed by atoms with Crippen molar-refractivity contribution in [2.24, 2.45) is 0 Å². The number of rotatable bonds is 2. The highest BCUT2D eigenvalue weighted by Crippen LogP contribution is 2.43. The molecule has 1 aliphatic heterocycles. The van der Waals surface area contributed by atoms with Crippen molar-refractivity contribution in [1.82, 2.24) is 0 Å². The molecule has 2 aromatic carbocycles. The summed E-state index contributed by atoms with van der Waals surface area (Å²) >= 11 is 6.33. The lowest BCUT2D eigenvalue weighted by Gasteiger charge is -2.19. The van der Waals surface area contributed by atoms with E-state index < -0.39 is 0 Å². The molecule has 0 saturated carbocycles. The van der Waals surface area contributed by atoms with Gasteiger partial charge in [0.15, 0.2) is 0 Å². The standard InChI is InChI=1S/C16H15ClN2O/c1-20-13-6-2-5-12(17)14(13)11-8-7-10-4-3-9-19-16(10)15(11)18/h2-8,19H,9,18H2,1H3. The summed E-state index contributed by atoms with van der Waals surface area (Å²) in [5.74, 6) is 0.718. The molecule has 0 radical (unpaired) electrons. The van der Waals surface area contributed by atoms with Crippen LogP contribution in [0, 0.1) is 0 Å². The van der Waals surface area contributed by atoms with Crippen molar-refractivity contribution >= 4 is 29.1 Å². The second-order valence-electron chi connectivity index (χ2n) is 4.59. The van der Waals surface area contributed by atoms with Crippen LogP contribution in [0.3, 0.4) is 0 Å². The third kappa shape index (κ3) is 2.00. The Labute approximate surface area is 123 Å². The molecule has 0 fully saturated rings. The van der Waals surface area contributed by atoms with Gasteiger partial charge in [-0.05, 0) is 17.7 Å². The number of nitrogen functional groups attached to an aromatic ring is 1. The zero-order chi connectivity index (χ0) is 14.1. The fourth-order valence-corrected chi connectivity index (χ4v) is 2.74. The Balaban J connectivity index is 2.24. The number of benzene rings is 2. The van der Waals surface area contributed by atoms with Gasteiger partial charge in [-0.15, -0.1) is 0 Å². The molecule has 0 amide bonds. The largest absolute Gasteiger partial charge is 0.496 e. The van der Waals surface area contributed by atoms with Crippen molar-refractivity contribution in [2.75, 3.05) is 24.7 Å². The Morgan fingerprint density at radius 1 is 1.25 bits per heavy atom. The number of hydrogen-bond donors (Lipinski definition) is 2. The molecule has 0 aliphatic carbocycles. The number of halogens is 1. The summed E-state index contributed by atoms with van der Waals surface area (Å²) in [6.07, 6.45) is 4.13. The maximum absolute atomic E-state index is 6.33. The van der Waals surface area contributed by atoms with Crippen molar-refractivity contribution in [3.05, 3.63) is 47.0 Å². The number of anilines is 2. The van der Waals surface area contributed by atoms with Crippen LogP contribution in [-0.2, 0) is 0 Å². The summed E-state index contributed by atoms with van der Waals surface area (Å²) in [6, 6.07) is 9.60. The Kier molecular flexibility index (Phi) is 3.28. The Morgan fingerprint density at radius 3 is 2.90 bits per heavy atom. The van der Waals surface area contributed by atoms with Gasteiger partial charge in [0, 0.05) is 17.7 Å². The molecule has 1 aliphatic rings. The van der Waals surface area contributed by atoms with E-state index in [-0.39, 0.29) is 0 Å². The fourth-order valence-electron chi connectivity index (χ4n) is 2.47. The number of nitrogens with two attached hydrogens (primary N) is 1. The van der Waals surface area contributed by atoms with E-state index in [1.165, 1.54) is 0 Å². The van der Waals surface area contributed by atoms with Gasteiger partial charge in [0.25, 0.3) is 0 Å². The van der Waals surface area contributed by atoms with Gasteiger partial charge in [-0.2, -0.15) is 0 Å². The second kappa shape index (κ2) is 5.10. The fraction of sp³-hybridized carbons (Fsp3) is 0.125. The van der Waals surface area contributed by atoms with Crippen LogP contribution in [0.2, 0.25) is 5.02 Å². The Bertz CT molecular complexity index is 695. The lowest BCUT2D eigenvalue weighted by Crippen LogP contribution is -2.08. The van der Waals surface area contributed by atoms with Gasteiger partial charge >= 0.3 is 0 Å². The smallest absolute Gasteiger partial charge is 0.128 e. The van der Waals surface area contributed by atoms with Gasteiger partial charge in [0.05, 0.1) is 23.5 Å². The molecule has 0 atom stereocenters. The second-order valence-corrected chi connectivity index (χ2v) is 5.00. The molecule has 0 spiro atoms. The summed E-state index contributed by atoms with van der Waals surface area (Å²) in [5, 5.41) is 3.93. The van der Waals surface area contributed by atoms with Gasteiger partial charge in [0.2, 0.25) is 0 Å². The van der Waals surface area contributed by atoms with Gasteiger partial charge < -0.3 is 15.8 Å². The molecular formula is C16H15ClN2O. The minimum absolute atomic E-state index is 0.627. The molecule has 4 heteroatoms. The molecule has 20 heavy (non-hydrogen) atoms. The van der Waals surface area contributed by atoms with Crippen LogP contribution in [0.4, 0.5) is 11.4 Å². The van der Waals surface area contributed by atoms with Crippen LogP contribution in [0.25, 0.3) is 17.2 Å². The molecule has 2 aromatic rings. The predicted octanol–water partition coefficient (Wildman–Crippen LogP) is 4.04. The van der Waals surface area contributed by atoms with Crippen LogP contribution < -0.4 is 15.8 Å². The van der Waals surface area contributed by atoms with Crippen molar-refractivity contribution in [3.63, 3.8) is 0 Å². The van der Waals surface area contributed by atoms with E-state index in [2.05, 4.69) is 17.5 Å². The monoisotopic (exact) mass is 286 g/mol. The Hall–Kier alpha value is -2.13. The first-order chi connectivity index (χ1) is 9.72. The van der Waals surface area contributed by atoms with E-state index in [4.69, 9.17) is 22.1 Å². The van der Waals surface area contributed by atoms with Crippen LogP contribution in [0.5, 0.6) is 5.75 Å². The first-order valence-corrected chi connectivity index (χ1v) is 6.76. The number of hydrogen-bond acceptors (Lipinski definition) is 3. The normalized spacial score (nSPS) is 12.7. The number of nitrogens with one attached hydrogen (secondary N) is 1. The van der Waals surface area contributed by atoms with E-state index in [1.807, 2.05) is 30.3 Å². The van der Waals surface area contributed by atoms with Crippen LogP contribution >= 0.6 is 11.6 Å². The predicted molar refractivity (Wildman–Crippen MR) is 85.4 cm³/mol. The third-order valence-corrected chi connectivity index (χ3v) is 3.75. The third-order valence-electron chi connectivity index (χ3n) is 3.44. The quantitative estimate of drug-likeness (QED) is 0.819. The summed E-state index contributed by atoms with van der Waals surface area (Å²) < 4.78 is 5.41. The maximum Gasteiger partial charge on any atom is 0.128 e. The zero-order valence-electron chi connectivity index (χ0n) is 11.1. The number of fused-ring (bicyclic) bond motifs is 1. The minimum atomic E-state index is 0.627.